The number of carbonyl (C=O) groups excluding carboxylic acids is 2. The number of carbonyl (C=O) groups is 2. The summed E-state index contributed by atoms with van der Waals surface area (Å²) in [5, 5.41) is 1.92. The highest BCUT2D eigenvalue weighted by molar-refractivity contribution is 7.51. The number of amides is 2. The molecule has 0 aromatic heterocycles. The maximum atomic E-state index is 10.9. The molecule has 82 valence electrons. The second-order valence-electron chi connectivity index (χ2n) is 2.64. The van der Waals surface area contributed by atoms with Crippen LogP contribution in [0.3, 0.4) is 0 Å². The molecule has 1 atom stereocenters. The maximum absolute atomic E-state index is 10.9. The smallest absolute Gasteiger partial charge is 0.344 e. The monoisotopic (exact) mass is 225 g/mol. The molecule has 0 saturated heterocycles. The third-order valence-electron chi connectivity index (χ3n) is 1.25. The molecule has 0 bridgehead atoms. The molecule has 0 fully saturated rings. The Morgan fingerprint density at radius 3 is 2.29 bits per heavy atom. The number of hydrogen-bond acceptors (Lipinski definition) is 4. The average Bonchev–Trinajstić information content (AvgIpc) is 1.99. The van der Waals surface area contributed by atoms with Gasteiger partial charge in [0.1, 0.15) is 6.29 Å². The van der Waals surface area contributed by atoms with Crippen molar-refractivity contribution >= 4 is 19.4 Å². The molecule has 0 aliphatic heterocycles. The highest BCUT2D eigenvalue weighted by Crippen LogP contribution is 2.31. The summed E-state index contributed by atoms with van der Waals surface area (Å²) in [5.41, 5.74) is 9.90. The van der Waals surface area contributed by atoms with Crippen molar-refractivity contribution in [3.05, 3.63) is 0 Å². The quantitative estimate of drug-likeness (QED) is 0.324. The first-order valence-electron chi connectivity index (χ1n) is 3.58. The van der Waals surface area contributed by atoms with E-state index in [9.17, 15) is 14.2 Å². The molecule has 0 aromatic carbocycles. The second kappa shape index (κ2) is 5.06. The van der Waals surface area contributed by atoms with Gasteiger partial charge in [0, 0.05) is 0 Å². The maximum Gasteiger partial charge on any atom is 0.344 e. The van der Waals surface area contributed by atoms with Gasteiger partial charge in [0.25, 0.3) is 0 Å². The Balaban J connectivity index is 3.89. The molecule has 0 saturated carbocycles. The molecule has 9 heteroatoms. The van der Waals surface area contributed by atoms with Crippen molar-refractivity contribution in [1.29, 1.82) is 0 Å². The lowest BCUT2D eigenvalue weighted by atomic mass is 10.2. The van der Waals surface area contributed by atoms with Crippen LogP contribution in [-0.2, 0) is 14.2 Å². The normalized spacial score (nSPS) is 13.4. The number of nitrogens with one attached hydrogen (secondary N) is 1. The molecule has 0 radical (unpaired) electrons. The third kappa shape index (κ3) is 6.55. The van der Waals surface area contributed by atoms with Gasteiger partial charge in [-0.15, -0.1) is 0 Å². The lowest BCUT2D eigenvalue weighted by Crippen LogP contribution is -2.41. The van der Waals surface area contributed by atoms with Crippen LogP contribution in [-0.4, -0.2) is 33.9 Å². The SMILES string of the molecule is NC(=O)C(N)CC(=O)NCP(=O)(O)O. The van der Waals surface area contributed by atoms with Crippen LogP contribution >= 0.6 is 7.60 Å². The molecule has 1 unspecified atom stereocenters. The minimum Gasteiger partial charge on any atom is -0.368 e. The zero-order valence-corrected chi connectivity index (χ0v) is 8.11. The Kier molecular flexibility index (Phi) is 4.72. The third-order valence-corrected chi connectivity index (χ3v) is 1.82. The van der Waals surface area contributed by atoms with E-state index in [0.29, 0.717) is 0 Å². The van der Waals surface area contributed by atoms with Crippen LogP contribution in [0.1, 0.15) is 6.42 Å². The van der Waals surface area contributed by atoms with Crippen molar-refractivity contribution in [2.75, 3.05) is 6.29 Å². The van der Waals surface area contributed by atoms with Gasteiger partial charge < -0.3 is 26.6 Å². The predicted octanol–water partition coefficient (Wildman–Crippen LogP) is -2.56. The number of nitrogens with two attached hydrogens (primary N) is 2. The van der Waals surface area contributed by atoms with Gasteiger partial charge in [0.2, 0.25) is 11.8 Å². The largest absolute Gasteiger partial charge is 0.368 e. The fourth-order valence-electron chi connectivity index (χ4n) is 0.564. The standard InChI is InChI=1S/C5H12N3O5P/c6-3(5(7)10)1-4(9)8-2-14(11,12)13/h3H,1-2,6H2,(H2,7,10)(H,8,9)(H2,11,12,13). The molecule has 0 aromatic rings. The van der Waals surface area contributed by atoms with E-state index in [0.717, 1.165) is 0 Å². The van der Waals surface area contributed by atoms with E-state index in [1.807, 2.05) is 5.32 Å². The van der Waals surface area contributed by atoms with Crippen LogP contribution in [0, 0.1) is 0 Å². The Bertz CT molecular complexity index is 275. The summed E-state index contributed by atoms with van der Waals surface area (Å²) in [6.45, 7) is 0. The molecule has 2 amide bonds. The molecule has 8 nitrogen and oxygen atoms in total. The van der Waals surface area contributed by atoms with Gasteiger partial charge in [-0.05, 0) is 0 Å². The number of hydrogen-bond donors (Lipinski definition) is 5. The van der Waals surface area contributed by atoms with Gasteiger partial charge >= 0.3 is 7.60 Å². The van der Waals surface area contributed by atoms with Crippen LogP contribution in [0.15, 0.2) is 0 Å². The number of primary amides is 1. The molecule has 7 N–H and O–H groups in total. The van der Waals surface area contributed by atoms with E-state index in [1.54, 1.807) is 0 Å². The van der Waals surface area contributed by atoms with E-state index < -0.39 is 38.2 Å². The topological polar surface area (TPSA) is 156 Å². The minimum absolute atomic E-state index is 0.394. The van der Waals surface area contributed by atoms with Crippen LogP contribution in [0.2, 0.25) is 0 Å². The molecule has 0 heterocycles. The molecule has 0 aliphatic carbocycles. The summed E-state index contributed by atoms with van der Waals surface area (Å²) in [7, 11) is -4.28. The first kappa shape index (κ1) is 13.1. The van der Waals surface area contributed by atoms with E-state index >= 15 is 0 Å². The second-order valence-corrected chi connectivity index (χ2v) is 4.28. The minimum atomic E-state index is -4.28. The van der Waals surface area contributed by atoms with E-state index in [1.165, 1.54) is 0 Å². The average molecular weight is 225 g/mol. The summed E-state index contributed by atoms with van der Waals surface area (Å²) in [5.74, 6) is -1.59. The van der Waals surface area contributed by atoms with Gasteiger partial charge in [-0.3, -0.25) is 14.2 Å². The van der Waals surface area contributed by atoms with Gasteiger partial charge in [0.15, 0.2) is 0 Å². The Labute approximate surface area is 79.8 Å². The molecule has 0 aliphatic rings. The fraction of sp³-hybridized carbons (Fsp3) is 0.600. The molecule has 0 rings (SSSR count). The number of rotatable bonds is 5. The van der Waals surface area contributed by atoms with Crippen LogP contribution in [0.5, 0.6) is 0 Å². The predicted molar refractivity (Wildman–Crippen MR) is 46.8 cm³/mol. The molecular formula is C5H12N3O5P. The van der Waals surface area contributed by atoms with Gasteiger partial charge in [-0.1, -0.05) is 0 Å². The van der Waals surface area contributed by atoms with Crippen LogP contribution < -0.4 is 16.8 Å². The van der Waals surface area contributed by atoms with Gasteiger partial charge in [-0.25, -0.2) is 0 Å². The Morgan fingerprint density at radius 1 is 1.43 bits per heavy atom. The Hall–Kier alpha value is -0.950. The molecular weight excluding hydrogens is 213 g/mol. The first-order valence-corrected chi connectivity index (χ1v) is 5.38. The van der Waals surface area contributed by atoms with E-state index in [2.05, 4.69) is 0 Å². The van der Waals surface area contributed by atoms with Crippen molar-refractivity contribution < 1.29 is 23.9 Å². The highest BCUT2D eigenvalue weighted by Gasteiger charge is 2.18. The summed E-state index contributed by atoms with van der Waals surface area (Å²) in [6, 6.07) is -1.15. The summed E-state index contributed by atoms with van der Waals surface area (Å²) in [6.07, 6.45) is -1.17. The first-order chi connectivity index (χ1) is 6.22. The van der Waals surface area contributed by atoms with Crippen molar-refractivity contribution in [2.24, 2.45) is 11.5 Å². The molecule has 0 spiro atoms. The van der Waals surface area contributed by atoms with Crippen molar-refractivity contribution in [3.8, 4) is 0 Å². The van der Waals surface area contributed by atoms with Gasteiger partial charge in [-0.2, -0.15) is 0 Å². The van der Waals surface area contributed by atoms with Gasteiger partial charge in [0.05, 0.1) is 12.5 Å². The fourth-order valence-corrected chi connectivity index (χ4v) is 0.946. The Morgan fingerprint density at radius 2 is 1.93 bits per heavy atom. The zero-order valence-electron chi connectivity index (χ0n) is 7.21. The van der Waals surface area contributed by atoms with Crippen LogP contribution in [0.4, 0.5) is 0 Å². The van der Waals surface area contributed by atoms with Crippen molar-refractivity contribution in [2.45, 2.75) is 12.5 Å². The zero-order chi connectivity index (χ0) is 11.4. The van der Waals surface area contributed by atoms with Crippen molar-refractivity contribution in [3.63, 3.8) is 0 Å². The van der Waals surface area contributed by atoms with Crippen LogP contribution in [0.25, 0.3) is 0 Å². The summed E-state index contributed by atoms with van der Waals surface area (Å²) in [4.78, 5) is 38.0. The lowest BCUT2D eigenvalue weighted by molar-refractivity contribution is -0.125. The highest BCUT2D eigenvalue weighted by atomic mass is 31.2. The van der Waals surface area contributed by atoms with E-state index in [-0.39, 0.29) is 0 Å². The lowest BCUT2D eigenvalue weighted by Gasteiger charge is -2.08. The molecule has 14 heavy (non-hydrogen) atoms. The van der Waals surface area contributed by atoms with E-state index in [4.69, 9.17) is 21.3 Å². The summed E-state index contributed by atoms with van der Waals surface area (Å²) >= 11 is 0. The summed E-state index contributed by atoms with van der Waals surface area (Å²) < 4.78 is 10.3. The van der Waals surface area contributed by atoms with Crippen molar-refractivity contribution in [1.82, 2.24) is 5.32 Å².